The molecule has 4 nitrogen and oxygen atoms in total. The molecule has 1 amide bonds. The number of rotatable bonds is 4. The number of hydrogen-bond acceptors (Lipinski definition) is 3. The molecule has 0 unspecified atom stereocenters. The maximum absolute atomic E-state index is 12.1. The third-order valence-corrected chi connectivity index (χ3v) is 2.71. The highest BCUT2D eigenvalue weighted by atomic mass is 16.1. The predicted octanol–water partition coefficient (Wildman–Crippen LogP) is 1.31. The minimum Gasteiger partial charge on any atom is -0.349 e. The van der Waals surface area contributed by atoms with Gasteiger partial charge in [0.25, 0.3) is 5.91 Å². The Labute approximate surface area is 108 Å². The zero-order valence-corrected chi connectivity index (χ0v) is 10.9. The number of pyridine rings is 1. The first kappa shape index (κ1) is 14.2. The molecule has 0 radical (unpaired) electrons. The summed E-state index contributed by atoms with van der Waals surface area (Å²) in [5.41, 5.74) is 6.50. The first-order chi connectivity index (χ1) is 8.72. The maximum Gasteiger partial charge on any atom is 0.252 e. The van der Waals surface area contributed by atoms with Crippen LogP contribution in [-0.2, 0) is 0 Å². The lowest BCUT2D eigenvalue weighted by Crippen LogP contribution is -2.34. The van der Waals surface area contributed by atoms with Gasteiger partial charge in [-0.3, -0.25) is 9.78 Å². The molecular formula is C14H19N3O. The van der Waals surface area contributed by atoms with E-state index >= 15 is 0 Å². The minimum atomic E-state index is -0.104. The number of nitrogens with two attached hydrogens (primary N) is 1. The van der Waals surface area contributed by atoms with Crippen LogP contribution in [0, 0.1) is 11.8 Å². The molecule has 1 aromatic rings. The van der Waals surface area contributed by atoms with Crippen LogP contribution >= 0.6 is 0 Å². The number of nitrogens with zero attached hydrogens (tertiary/aromatic N) is 1. The lowest BCUT2D eigenvalue weighted by Gasteiger charge is -2.15. The summed E-state index contributed by atoms with van der Waals surface area (Å²) >= 11 is 0. The molecule has 0 saturated carbocycles. The predicted molar refractivity (Wildman–Crippen MR) is 72.0 cm³/mol. The summed E-state index contributed by atoms with van der Waals surface area (Å²) in [6.07, 6.45) is 5.01. The fourth-order valence-electron chi connectivity index (χ4n) is 1.59. The van der Waals surface area contributed by atoms with E-state index in [2.05, 4.69) is 36.0 Å². The Balaban J connectivity index is 2.91. The van der Waals surface area contributed by atoms with E-state index in [0.717, 1.165) is 12.8 Å². The average Bonchev–Trinajstić information content (AvgIpc) is 2.42. The van der Waals surface area contributed by atoms with Gasteiger partial charge in [0.05, 0.1) is 17.7 Å². The van der Waals surface area contributed by atoms with Gasteiger partial charge >= 0.3 is 0 Å². The van der Waals surface area contributed by atoms with Gasteiger partial charge in [0.2, 0.25) is 0 Å². The van der Waals surface area contributed by atoms with Gasteiger partial charge in [0.1, 0.15) is 0 Å². The third-order valence-electron chi connectivity index (χ3n) is 2.71. The van der Waals surface area contributed by atoms with E-state index in [1.54, 1.807) is 18.5 Å². The van der Waals surface area contributed by atoms with Crippen molar-refractivity contribution in [2.45, 2.75) is 32.7 Å². The zero-order chi connectivity index (χ0) is 13.4. The van der Waals surface area contributed by atoms with Gasteiger partial charge in [-0.05, 0) is 18.9 Å². The van der Waals surface area contributed by atoms with Gasteiger partial charge in [0.15, 0.2) is 0 Å². The van der Waals surface area contributed by atoms with Crippen molar-refractivity contribution in [1.82, 2.24) is 10.3 Å². The lowest BCUT2D eigenvalue weighted by atomic mass is 10.1. The second-order valence-corrected chi connectivity index (χ2v) is 3.91. The van der Waals surface area contributed by atoms with Crippen molar-refractivity contribution in [3.63, 3.8) is 0 Å². The molecule has 4 heteroatoms. The molecule has 0 bridgehead atoms. The van der Waals surface area contributed by atoms with E-state index in [1.165, 1.54) is 0 Å². The summed E-state index contributed by atoms with van der Waals surface area (Å²) in [7, 11) is 0. The van der Waals surface area contributed by atoms with Gasteiger partial charge in [-0.15, -0.1) is 0 Å². The molecule has 3 N–H and O–H groups in total. The lowest BCUT2D eigenvalue weighted by molar-refractivity contribution is 0.0934. The van der Waals surface area contributed by atoms with Gasteiger partial charge < -0.3 is 11.1 Å². The molecule has 0 fully saturated rings. The molecule has 1 heterocycles. The van der Waals surface area contributed by atoms with E-state index in [0.29, 0.717) is 11.1 Å². The number of aromatic nitrogens is 1. The summed E-state index contributed by atoms with van der Waals surface area (Å²) in [5, 5.41) is 2.98. The molecule has 0 saturated heterocycles. The van der Waals surface area contributed by atoms with E-state index in [9.17, 15) is 4.79 Å². The summed E-state index contributed by atoms with van der Waals surface area (Å²) in [6.45, 7) is 4.37. The Morgan fingerprint density at radius 2 is 2.22 bits per heavy atom. The highest BCUT2D eigenvalue weighted by Gasteiger charge is 2.13. The van der Waals surface area contributed by atoms with Crippen LogP contribution in [0.3, 0.4) is 0 Å². The molecule has 1 rings (SSSR count). The van der Waals surface area contributed by atoms with Crippen LogP contribution in [0.25, 0.3) is 0 Å². The number of amides is 1. The van der Waals surface area contributed by atoms with Crippen LogP contribution < -0.4 is 11.1 Å². The zero-order valence-electron chi connectivity index (χ0n) is 10.9. The summed E-state index contributed by atoms with van der Waals surface area (Å²) in [6, 6.07) is 1.87. The van der Waals surface area contributed by atoms with Crippen molar-refractivity contribution < 1.29 is 4.79 Å². The van der Waals surface area contributed by atoms with Crippen LogP contribution in [0.1, 0.15) is 42.6 Å². The van der Waals surface area contributed by atoms with E-state index in [-0.39, 0.29) is 18.5 Å². The van der Waals surface area contributed by atoms with E-state index in [1.807, 2.05) is 0 Å². The molecule has 0 aliphatic rings. The van der Waals surface area contributed by atoms with Gasteiger partial charge in [-0.25, -0.2) is 0 Å². The quantitative estimate of drug-likeness (QED) is 0.786. The normalized spacial score (nSPS) is 9.78. The fraction of sp³-hybridized carbons (Fsp3) is 0.429. The standard InChI is InChI=1S/C14H19N3O/c1-3-12(4-2)17-14(18)13-7-9-16-10-11(13)6-5-8-15/h7,9-10,12H,3-4,8,15H2,1-2H3,(H,17,18). The molecule has 96 valence electrons. The number of carbonyl (C=O) groups is 1. The second-order valence-electron chi connectivity index (χ2n) is 3.91. The third kappa shape index (κ3) is 3.86. The van der Waals surface area contributed by atoms with Crippen molar-refractivity contribution in [3.05, 3.63) is 29.6 Å². The topological polar surface area (TPSA) is 68.0 Å². The number of hydrogen-bond donors (Lipinski definition) is 2. The summed E-state index contributed by atoms with van der Waals surface area (Å²) < 4.78 is 0. The Morgan fingerprint density at radius 1 is 1.50 bits per heavy atom. The molecule has 18 heavy (non-hydrogen) atoms. The maximum atomic E-state index is 12.1. The van der Waals surface area contributed by atoms with Gasteiger partial charge in [0, 0.05) is 18.4 Å². The molecule has 0 spiro atoms. The van der Waals surface area contributed by atoms with Gasteiger partial charge in [-0.1, -0.05) is 25.7 Å². The first-order valence-corrected chi connectivity index (χ1v) is 6.16. The Morgan fingerprint density at radius 3 is 2.83 bits per heavy atom. The largest absolute Gasteiger partial charge is 0.349 e. The van der Waals surface area contributed by atoms with Crippen molar-refractivity contribution in [2.75, 3.05) is 6.54 Å². The monoisotopic (exact) mass is 245 g/mol. The highest BCUT2D eigenvalue weighted by molar-refractivity contribution is 5.96. The Hall–Kier alpha value is -1.86. The van der Waals surface area contributed by atoms with Crippen LogP contribution in [-0.4, -0.2) is 23.5 Å². The smallest absolute Gasteiger partial charge is 0.252 e. The average molecular weight is 245 g/mol. The molecule has 0 aliphatic carbocycles. The van der Waals surface area contributed by atoms with Crippen LogP contribution in [0.15, 0.2) is 18.5 Å². The van der Waals surface area contributed by atoms with Crippen molar-refractivity contribution in [3.8, 4) is 11.8 Å². The Bertz CT molecular complexity index is 456. The number of carbonyl (C=O) groups excluding carboxylic acids is 1. The Kier molecular flexibility index (Phi) is 5.89. The van der Waals surface area contributed by atoms with Gasteiger partial charge in [-0.2, -0.15) is 0 Å². The minimum absolute atomic E-state index is 0.104. The van der Waals surface area contributed by atoms with Crippen LogP contribution in [0.5, 0.6) is 0 Å². The second kappa shape index (κ2) is 7.46. The molecule has 0 aliphatic heterocycles. The van der Waals surface area contributed by atoms with Crippen molar-refractivity contribution >= 4 is 5.91 Å². The summed E-state index contributed by atoms with van der Waals surface area (Å²) in [5.74, 6) is 5.50. The van der Waals surface area contributed by atoms with E-state index in [4.69, 9.17) is 5.73 Å². The molecule has 0 atom stereocenters. The first-order valence-electron chi connectivity index (χ1n) is 6.16. The van der Waals surface area contributed by atoms with Crippen LogP contribution in [0.4, 0.5) is 0 Å². The molecular weight excluding hydrogens is 226 g/mol. The van der Waals surface area contributed by atoms with Crippen LogP contribution in [0.2, 0.25) is 0 Å². The fourth-order valence-corrected chi connectivity index (χ4v) is 1.59. The summed E-state index contributed by atoms with van der Waals surface area (Å²) in [4.78, 5) is 16.1. The van der Waals surface area contributed by atoms with E-state index < -0.39 is 0 Å². The number of nitrogens with one attached hydrogen (secondary N) is 1. The van der Waals surface area contributed by atoms with Crippen molar-refractivity contribution in [1.29, 1.82) is 0 Å². The SMILES string of the molecule is CCC(CC)NC(=O)c1ccncc1C#CCN. The molecule has 0 aromatic carbocycles. The molecule has 1 aromatic heterocycles. The van der Waals surface area contributed by atoms with Crippen molar-refractivity contribution in [2.24, 2.45) is 5.73 Å². The highest BCUT2D eigenvalue weighted by Crippen LogP contribution is 2.07.